The van der Waals surface area contributed by atoms with Crippen LogP contribution in [-0.4, -0.2) is 36.9 Å². The Hall–Kier alpha value is -3.23. The number of aromatic nitrogens is 1. The molecule has 1 aromatic heterocycles. The average Bonchev–Trinajstić information content (AvgIpc) is 3.19. The molecule has 0 saturated carbocycles. The van der Waals surface area contributed by atoms with Gasteiger partial charge in [0, 0.05) is 18.8 Å². The van der Waals surface area contributed by atoms with Crippen molar-refractivity contribution in [3.63, 3.8) is 0 Å². The van der Waals surface area contributed by atoms with Crippen molar-refractivity contribution in [3.8, 4) is 0 Å². The molecule has 1 atom stereocenters. The van der Waals surface area contributed by atoms with Crippen LogP contribution in [0, 0.1) is 19.8 Å². The van der Waals surface area contributed by atoms with Crippen molar-refractivity contribution in [1.29, 1.82) is 0 Å². The number of rotatable bonds is 6. The van der Waals surface area contributed by atoms with E-state index in [0.29, 0.717) is 30.8 Å². The molecule has 0 bridgehead atoms. The van der Waals surface area contributed by atoms with Gasteiger partial charge in [0.25, 0.3) is 0 Å². The third-order valence-electron chi connectivity index (χ3n) is 5.70. The van der Waals surface area contributed by atoms with Crippen LogP contribution in [0.2, 0.25) is 0 Å². The number of sulfonamides is 1. The van der Waals surface area contributed by atoms with Crippen LogP contribution in [0.4, 0.5) is 5.69 Å². The first kappa shape index (κ1) is 22.9. The van der Waals surface area contributed by atoms with Crippen LogP contribution >= 0.6 is 0 Å². The molecule has 8 heteroatoms. The molecule has 0 radical (unpaired) electrons. The summed E-state index contributed by atoms with van der Waals surface area (Å²) in [6.45, 7) is 4.03. The zero-order valence-corrected chi connectivity index (χ0v) is 19.5. The Bertz CT molecular complexity index is 1270. The molecule has 1 unspecified atom stereocenters. The van der Waals surface area contributed by atoms with Crippen molar-refractivity contribution in [3.05, 3.63) is 77.2 Å². The minimum atomic E-state index is -3.88. The molecule has 33 heavy (non-hydrogen) atoms. The van der Waals surface area contributed by atoms with E-state index in [2.05, 4.69) is 10.5 Å². The monoisotopic (exact) mass is 465 g/mol. The van der Waals surface area contributed by atoms with Crippen LogP contribution in [0.15, 0.2) is 64.0 Å². The van der Waals surface area contributed by atoms with Gasteiger partial charge in [0.05, 0.1) is 5.92 Å². The molecule has 1 aliphatic rings. The van der Waals surface area contributed by atoms with Crippen molar-refractivity contribution in [2.45, 2.75) is 31.6 Å². The molecule has 1 amide bonds. The third-order valence-corrected chi connectivity index (χ3v) is 7.72. The standard InChI is InChI=1S/C25H27N3O4S/c1-18-8-6-12-22(16-18)26-25(29)21-11-7-15-28(17-21)33(30,31)24-19(2)27-32-23(24)14-13-20-9-4-3-5-10-20/h3-6,8-10,12-14,16,21H,7,11,15,17H2,1-2H3,(H,26,29)/b14-13+. The second kappa shape index (κ2) is 9.72. The van der Waals surface area contributed by atoms with Crippen molar-refractivity contribution >= 4 is 33.8 Å². The number of aryl methyl sites for hydroxylation is 2. The highest BCUT2D eigenvalue weighted by Gasteiger charge is 2.36. The Morgan fingerprint density at radius 3 is 2.67 bits per heavy atom. The predicted molar refractivity (Wildman–Crippen MR) is 128 cm³/mol. The van der Waals surface area contributed by atoms with Crippen molar-refractivity contribution in [2.75, 3.05) is 18.4 Å². The zero-order valence-electron chi connectivity index (χ0n) is 18.7. The molecule has 4 rings (SSSR count). The van der Waals surface area contributed by atoms with Gasteiger partial charge in [-0.25, -0.2) is 8.42 Å². The summed E-state index contributed by atoms with van der Waals surface area (Å²) in [6.07, 6.45) is 4.64. The summed E-state index contributed by atoms with van der Waals surface area (Å²) in [5.41, 5.74) is 2.97. The van der Waals surface area contributed by atoms with E-state index in [1.807, 2.05) is 61.5 Å². The second-order valence-corrected chi connectivity index (χ2v) is 10.1. The molecule has 0 aliphatic carbocycles. The SMILES string of the molecule is Cc1cccc(NC(=O)C2CCCN(S(=O)(=O)c3c(C)noc3/C=C/c3ccccc3)C2)c1. The summed E-state index contributed by atoms with van der Waals surface area (Å²) in [5.74, 6) is -0.424. The molecule has 1 aliphatic heterocycles. The number of benzene rings is 2. The van der Waals surface area contributed by atoms with E-state index in [9.17, 15) is 13.2 Å². The van der Waals surface area contributed by atoms with Crippen LogP contribution in [-0.2, 0) is 14.8 Å². The summed E-state index contributed by atoms with van der Waals surface area (Å²) in [4.78, 5) is 12.9. The second-order valence-electron chi connectivity index (χ2n) is 8.27. The van der Waals surface area contributed by atoms with Gasteiger partial charge in [-0.1, -0.05) is 53.7 Å². The Balaban J connectivity index is 1.53. The molecule has 0 spiro atoms. The van der Waals surface area contributed by atoms with E-state index in [-0.39, 0.29) is 23.1 Å². The minimum Gasteiger partial charge on any atom is -0.355 e. The number of carbonyl (C=O) groups is 1. The van der Waals surface area contributed by atoms with Crippen LogP contribution in [0.1, 0.15) is 35.4 Å². The van der Waals surface area contributed by atoms with Crippen molar-refractivity contribution in [1.82, 2.24) is 9.46 Å². The van der Waals surface area contributed by atoms with Gasteiger partial charge in [0.1, 0.15) is 5.69 Å². The molecule has 2 heterocycles. The number of hydrogen-bond donors (Lipinski definition) is 1. The zero-order chi connectivity index (χ0) is 23.4. The number of amides is 1. The van der Waals surface area contributed by atoms with Gasteiger partial charge in [-0.15, -0.1) is 0 Å². The van der Waals surface area contributed by atoms with Crippen LogP contribution in [0.3, 0.4) is 0 Å². The fraction of sp³-hybridized carbons (Fsp3) is 0.280. The van der Waals surface area contributed by atoms with Crippen LogP contribution < -0.4 is 5.32 Å². The fourth-order valence-electron chi connectivity index (χ4n) is 4.01. The van der Waals surface area contributed by atoms with Gasteiger partial charge in [-0.05, 0) is 56.0 Å². The smallest absolute Gasteiger partial charge is 0.248 e. The highest BCUT2D eigenvalue weighted by atomic mass is 32.2. The molecular weight excluding hydrogens is 438 g/mol. The molecule has 172 valence electrons. The summed E-state index contributed by atoms with van der Waals surface area (Å²) >= 11 is 0. The lowest BCUT2D eigenvalue weighted by molar-refractivity contribution is -0.120. The minimum absolute atomic E-state index is 0.0504. The van der Waals surface area contributed by atoms with E-state index in [4.69, 9.17) is 4.52 Å². The van der Waals surface area contributed by atoms with Gasteiger partial charge in [0.2, 0.25) is 15.9 Å². The molecular formula is C25H27N3O4S. The topological polar surface area (TPSA) is 92.5 Å². The Morgan fingerprint density at radius 1 is 1.12 bits per heavy atom. The number of carbonyl (C=O) groups excluding carboxylic acids is 1. The molecule has 2 aromatic carbocycles. The van der Waals surface area contributed by atoms with Crippen molar-refractivity contribution in [2.24, 2.45) is 5.92 Å². The van der Waals surface area contributed by atoms with Gasteiger partial charge in [0.15, 0.2) is 10.7 Å². The number of piperidine rings is 1. The number of nitrogens with one attached hydrogen (secondary N) is 1. The Kier molecular flexibility index (Phi) is 6.76. The maximum absolute atomic E-state index is 13.5. The third kappa shape index (κ3) is 5.23. The first-order valence-electron chi connectivity index (χ1n) is 10.9. The van der Waals surface area contributed by atoms with Gasteiger partial charge >= 0.3 is 0 Å². The predicted octanol–water partition coefficient (Wildman–Crippen LogP) is 4.50. The molecule has 1 saturated heterocycles. The summed E-state index contributed by atoms with van der Waals surface area (Å²) in [5, 5.41) is 6.81. The molecule has 3 aromatic rings. The largest absolute Gasteiger partial charge is 0.355 e. The average molecular weight is 466 g/mol. The van der Waals surface area contributed by atoms with Crippen LogP contribution in [0.5, 0.6) is 0 Å². The molecule has 1 N–H and O–H groups in total. The number of hydrogen-bond acceptors (Lipinski definition) is 5. The van der Waals surface area contributed by atoms with Gasteiger partial charge in [-0.3, -0.25) is 4.79 Å². The Morgan fingerprint density at radius 2 is 1.91 bits per heavy atom. The lowest BCUT2D eigenvalue weighted by Gasteiger charge is -2.31. The first-order chi connectivity index (χ1) is 15.8. The number of nitrogens with zero attached hydrogens (tertiary/aromatic N) is 2. The highest BCUT2D eigenvalue weighted by molar-refractivity contribution is 7.89. The fourth-order valence-corrected chi connectivity index (χ4v) is 5.78. The van der Waals surface area contributed by atoms with Crippen molar-refractivity contribution < 1.29 is 17.7 Å². The lowest BCUT2D eigenvalue weighted by Crippen LogP contribution is -2.43. The van der Waals surface area contributed by atoms with Crippen LogP contribution in [0.25, 0.3) is 12.2 Å². The maximum Gasteiger partial charge on any atom is 0.248 e. The normalized spacial score (nSPS) is 17.3. The lowest BCUT2D eigenvalue weighted by atomic mass is 9.98. The summed E-state index contributed by atoms with van der Waals surface area (Å²) < 4.78 is 33.8. The van der Waals surface area contributed by atoms with Gasteiger partial charge < -0.3 is 9.84 Å². The van der Waals surface area contributed by atoms with Gasteiger partial charge in [-0.2, -0.15) is 4.31 Å². The van der Waals surface area contributed by atoms with E-state index >= 15 is 0 Å². The summed E-state index contributed by atoms with van der Waals surface area (Å²) in [7, 11) is -3.88. The number of anilines is 1. The highest BCUT2D eigenvalue weighted by Crippen LogP contribution is 2.29. The Labute approximate surface area is 194 Å². The van der Waals surface area contributed by atoms with E-state index in [1.54, 1.807) is 19.1 Å². The molecule has 1 fully saturated rings. The first-order valence-corrected chi connectivity index (χ1v) is 12.4. The quantitative estimate of drug-likeness (QED) is 0.579. The van der Waals surface area contributed by atoms with E-state index in [1.165, 1.54) is 4.31 Å². The van der Waals surface area contributed by atoms with E-state index < -0.39 is 15.9 Å². The molecule has 7 nitrogen and oxygen atoms in total. The summed E-state index contributed by atoms with van der Waals surface area (Å²) in [6, 6.07) is 17.1. The maximum atomic E-state index is 13.5. The van der Waals surface area contributed by atoms with E-state index in [0.717, 1.165) is 11.1 Å².